The summed E-state index contributed by atoms with van der Waals surface area (Å²) in [5.41, 5.74) is 0.769. The van der Waals surface area contributed by atoms with E-state index in [-0.39, 0.29) is 17.2 Å². The molecule has 164 valence electrons. The third-order valence-electron chi connectivity index (χ3n) is 5.89. The molecule has 12 heteroatoms. The Morgan fingerprint density at radius 1 is 1.32 bits per heavy atom. The molecule has 8 nitrogen and oxygen atoms in total. The van der Waals surface area contributed by atoms with Gasteiger partial charge in [-0.25, -0.2) is 9.18 Å². The van der Waals surface area contributed by atoms with E-state index in [9.17, 15) is 22.4 Å². The van der Waals surface area contributed by atoms with Gasteiger partial charge in [-0.05, 0) is 25.3 Å². The average Bonchev–Trinajstić information content (AvgIpc) is 3.12. The smallest absolute Gasteiger partial charge is 0.319 e. The van der Waals surface area contributed by atoms with Crippen LogP contribution >= 0.6 is 0 Å². The van der Waals surface area contributed by atoms with Gasteiger partial charge in [0, 0.05) is 36.3 Å². The molecule has 0 radical (unpaired) electrons. The third-order valence-corrected chi connectivity index (χ3v) is 5.89. The topological polar surface area (TPSA) is 91.7 Å². The van der Waals surface area contributed by atoms with Crippen LogP contribution in [-0.2, 0) is 6.54 Å². The van der Waals surface area contributed by atoms with Gasteiger partial charge in [-0.15, -0.1) is 0 Å². The van der Waals surface area contributed by atoms with Gasteiger partial charge in [-0.3, -0.25) is 14.8 Å². The number of nitrogens with zero attached hydrogens (tertiary/aromatic N) is 5. The second-order valence-electron chi connectivity index (χ2n) is 8.09. The second kappa shape index (κ2) is 6.92. The van der Waals surface area contributed by atoms with Crippen LogP contribution in [0.5, 0.6) is 0 Å². The number of aromatic nitrogens is 5. The third kappa shape index (κ3) is 3.70. The van der Waals surface area contributed by atoms with Crippen molar-refractivity contribution in [2.45, 2.75) is 50.1 Å². The first-order chi connectivity index (χ1) is 14.7. The summed E-state index contributed by atoms with van der Waals surface area (Å²) in [6.45, 7) is -0.891. The van der Waals surface area contributed by atoms with Gasteiger partial charge >= 0.3 is 12.2 Å². The van der Waals surface area contributed by atoms with Gasteiger partial charge in [-0.2, -0.15) is 23.4 Å². The highest BCUT2D eigenvalue weighted by molar-refractivity contribution is 5.94. The van der Waals surface area contributed by atoms with E-state index in [1.807, 2.05) is 0 Å². The minimum Gasteiger partial charge on any atom is -0.319 e. The lowest BCUT2D eigenvalue weighted by atomic mass is 9.99. The van der Waals surface area contributed by atoms with E-state index in [0.717, 1.165) is 17.5 Å². The van der Waals surface area contributed by atoms with Crippen LogP contribution in [0.15, 0.2) is 24.7 Å². The molecule has 1 saturated heterocycles. The number of pyridine rings is 1. The van der Waals surface area contributed by atoms with E-state index in [4.69, 9.17) is 0 Å². The number of halogens is 4. The number of carbonyl (C=O) groups excluding carboxylic acids is 1. The molecular weight excluding hydrogens is 418 g/mol. The van der Waals surface area contributed by atoms with Crippen LogP contribution in [0.25, 0.3) is 22.3 Å². The molecule has 1 aliphatic heterocycles. The Hall–Kier alpha value is -3.18. The number of hydrogen-bond acceptors (Lipinski definition) is 4. The maximum Gasteiger partial charge on any atom is 0.408 e. The lowest BCUT2D eigenvalue weighted by molar-refractivity contribution is -0.141. The molecule has 2 aliphatic rings. The molecule has 1 unspecified atom stereocenters. The molecule has 0 aromatic carbocycles. The summed E-state index contributed by atoms with van der Waals surface area (Å²) in [4.78, 5) is 18.8. The Balaban J connectivity index is 1.41. The largest absolute Gasteiger partial charge is 0.408 e. The monoisotopic (exact) mass is 437 g/mol. The number of fused-ring (bicyclic) bond motifs is 1. The Kier molecular flexibility index (Phi) is 4.41. The fourth-order valence-corrected chi connectivity index (χ4v) is 4.23. The summed E-state index contributed by atoms with van der Waals surface area (Å²) in [5, 5.41) is 13.8. The lowest BCUT2D eigenvalue weighted by Crippen LogP contribution is -2.50. The van der Waals surface area contributed by atoms with Crippen LogP contribution in [-0.4, -0.2) is 60.3 Å². The molecule has 5 rings (SSSR count). The highest BCUT2D eigenvalue weighted by atomic mass is 19.4. The normalized spacial score (nSPS) is 20.4. The van der Waals surface area contributed by atoms with Crippen molar-refractivity contribution in [3.8, 4) is 11.4 Å². The average molecular weight is 437 g/mol. The minimum atomic E-state index is -4.42. The first-order valence-electron chi connectivity index (χ1n) is 9.89. The molecule has 31 heavy (non-hydrogen) atoms. The Bertz CT molecular complexity index is 1130. The Morgan fingerprint density at radius 3 is 2.87 bits per heavy atom. The summed E-state index contributed by atoms with van der Waals surface area (Å²) < 4.78 is 53.1. The zero-order chi connectivity index (χ0) is 21.8. The van der Waals surface area contributed by atoms with Crippen molar-refractivity contribution in [1.82, 2.24) is 29.9 Å². The molecule has 1 saturated carbocycles. The van der Waals surface area contributed by atoms with Crippen LogP contribution in [0.1, 0.15) is 25.7 Å². The number of piperidine rings is 1. The second-order valence-corrected chi connectivity index (χ2v) is 8.09. The maximum atomic E-state index is 13.8. The molecule has 1 atom stereocenters. The van der Waals surface area contributed by atoms with E-state index < -0.39 is 24.4 Å². The number of aromatic amines is 1. The van der Waals surface area contributed by atoms with Crippen molar-refractivity contribution < 1.29 is 22.4 Å². The van der Waals surface area contributed by atoms with Crippen molar-refractivity contribution >= 4 is 22.6 Å². The number of carbonyl (C=O) groups is 1. The predicted octanol–water partition coefficient (Wildman–Crippen LogP) is 3.88. The van der Waals surface area contributed by atoms with Crippen LogP contribution in [0, 0.1) is 0 Å². The summed E-state index contributed by atoms with van der Waals surface area (Å²) in [7, 11) is 0. The summed E-state index contributed by atoms with van der Waals surface area (Å²) in [5.74, 6) is 0. The van der Waals surface area contributed by atoms with Crippen molar-refractivity contribution in [3.63, 3.8) is 0 Å². The van der Waals surface area contributed by atoms with Gasteiger partial charge in [0.05, 0.1) is 23.1 Å². The molecule has 1 spiro atoms. The maximum absolute atomic E-state index is 13.8. The van der Waals surface area contributed by atoms with Gasteiger partial charge in [-0.1, -0.05) is 0 Å². The molecule has 3 aromatic heterocycles. The van der Waals surface area contributed by atoms with Crippen LogP contribution in [0.2, 0.25) is 0 Å². The summed E-state index contributed by atoms with van der Waals surface area (Å²) in [6.07, 6.45) is 1.10. The highest BCUT2D eigenvalue weighted by Gasteiger charge is 2.53. The number of anilines is 1. The number of nitrogens with one attached hydrogen (secondary N) is 2. The van der Waals surface area contributed by atoms with Crippen LogP contribution in [0.3, 0.4) is 0 Å². The number of hydrogen-bond donors (Lipinski definition) is 2. The van der Waals surface area contributed by atoms with Gasteiger partial charge in [0.25, 0.3) is 0 Å². The standard InChI is InChI=1S/C19H19F4N7O/c20-12-1-4-29(18(6-12)2-3-18)17(31)27-14-9-25-28-16(14)13-5-15-11(7-24-13)8-26-30(15)10-19(21,22)23/h5,7-9,12H,1-4,6,10H2,(H,25,28)(H,27,31). The van der Waals surface area contributed by atoms with Crippen LogP contribution < -0.4 is 5.32 Å². The number of likely N-dealkylation sites (tertiary alicyclic amines) is 1. The van der Waals surface area contributed by atoms with E-state index in [1.165, 1.54) is 24.7 Å². The molecular formula is C19H19F4N7O. The van der Waals surface area contributed by atoms with Gasteiger partial charge in [0.1, 0.15) is 18.4 Å². The zero-order valence-corrected chi connectivity index (χ0v) is 16.3. The predicted molar refractivity (Wildman–Crippen MR) is 103 cm³/mol. The van der Waals surface area contributed by atoms with Crippen molar-refractivity contribution in [2.75, 3.05) is 11.9 Å². The van der Waals surface area contributed by atoms with Gasteiger partial charge in [0.2, 0.25) is 0 Å². The molecule has 2 fully saturated rings. The SMILES string of the molecule is O=C(Nc1c[nH]nc1-c1cc2c(cn1)cnn2CC(F)(F)F)N1CCC(F)CC12CC2. The number of urea groups is 1. The fraction of sp³-hybridized carbons (Fsp3) is 0.474. The Morgan fingerprint density at radius 2 is 2.13 bits per heavy atom. The van der Waals surface area contributed by atoms with E-state index >= 15 is 0 Å². The van der Waals surface area contributed by atoms with E-state index in [1.54, 1.807) is 4.90 Å². The van der Waals surface area contributed by atoms with E-state index in [2.05, 4.69) is 25.6 Å². The van der Waals surface area contributed by atoms with Crippen LogP contribution in [0.4, 0.5) is 28.0 Å². The van der Waals surface area contributed by atoms with Crippen molar-refractivity contribution in [3.05, 3.63) is 24.7 Å². The minimum absolute atomic E-state index is 0.254. The molecule has 0 bridgehead atoms. The Labute approximate surface area is 173 Å². The van der Waals surface area contributed by atoms with Gasteiger partial charge in [0.15, 0.2) is 0 Å². The number of H-pyrrole nitrogens is 1. The lowest BCUT2D eigenvalue weighted by Gasteiger charge is -2.37. The quantitative estimate of drug-likeness (QED) is 0.609. The molecule has 1 aliphatic carbocycles. The number of amides is 2. The van der Waals surface area contributed by atoms with E-state index in [0.29, 0.717) is 36.2 Å². The molecule has 3 aromatic rings. The molecule has 2 N–H and O–H groups in total. The summed E-state index contributed by atoms with van der Waals surface area (Å²) in [6, 6.07) is 1.10. The summed E-state index contributed by atoms with van der Waals surface area (Å²) >= 11 is 0. The first-order valence-corrected chi connectivity index (χ1v) is 9.89. The molecule has 2 amide bonds. The first kappa shape index (κ1) is 19.8. The van der Waals surface area contributed by atoms with Crippen molar-refractivity contribution in [1.29, 1.82) is 0 Å². The zero-order valence-electron chi connectivity index (χ0n) is 16.3. The molecule has 4 heterocycles. The van der Waals surface area contributed by atoms with Gasteiger partial charge < -0.3 is 10.2 Å². The highest BCUT2D eigenvalue weighted by Crippen LogP contribution is 2.49. The van der Waals surface area contributed by atoms with Crippen molar-refractivity contribution in [2.24, 2.45) is 0 Å². The number of alkyl halides is 4. The number of rotatable bonds is 3. The fourth-order valence-electron chi connectivity index (χ4n) is 4.23.